The van der Waals surface area contributed by atoms with E-state index < -0.39 is 11.7 Å². The Morgan fingerprint density at radius 3 is 2.73 bits per heavy atom. The van der Waals surface area contributed by atoms with E-state index in [0.29, 0.717) is 10.7 Å². The maximum Gasteiger partial charge on any atom is 0.286 e. The minimum absolute atomic E-state index is 0.0592. The Hall–Kier alpha value is -2.69. The van der Waals surface area contributed by atoms with Crippen molar-refractivity contribution in [1.29, 1.82) is 0 Å². The van der Waals surface area contributed by atoms with Crippen LogP contribution >= 0.6 is 22.7 Å². The Kier molecular flexibility index (Phi) is 7.61. The van der Waals surface area contributed by atoms with Crippen molar-refractivity contribution >= 4 is 40.2 Å². The molecule has 0 spiro atoms. The molecule has 1 atom stereocenters. The standard InChI is InChI=1S/C20H21FN4O3S2/c1-12(2)18(15-7-4-8-29-15)23-16(26)10-28-11-17-24-25-20(30-17)19(27)22-14-6-3-5-13(21)9-14/h3-9,12,18H,10-11H2,1-2H3,(H,22,27)(H,23,26). The Labute approximate surface area is 181 Å². The maximum absolute atomic E-state index is 13.2. The van der Waals surface area contributed by atoms with Crippen molar-refractivity contribution in [2.45, 2.75) is 26.5 Å². The number of carbonyl (C=O) groups is 2. The summed E-state index contributed by atoms with van der Waals surface area (Å²) >= 11 is 2.65. The second-order valence-corrected chi connectivity index (χ2v) is 8.80. The summed E-state index contributed by atoms with van der Waals surface area (Å²) < 4.78 is 18.6. The summed E-state index contributed by atoms with van der Waals surface area (Å²) in [5.74, 6) is -0.917. The van der Waals surface area contributed by atoms with E-state index in [1.165, 1.54) is 18.2 Å². The molecule has 0 saturated carbocycles. The Balaban J connectivity index is 1.47. The first-order valence-corrected chi connectivity index (χ1v) is 10.9. The summed E-state index contributed by atoms with van der Waals surface area (Å²) in [5, 5.41) is 15.8. The van der Waals surface area contributed by atoms with E-state index in [1.807, 2.05) is 31.4 Å². The number of rotatable bonds is 9. The van der Waals surface area contributed by atoms with Crippen LogP contribution in [-0.4, -0.2) is 28.6 Å². The van der Waals surface area contributed by atoms with Crippen LogP contribution < -0.4 is 10.6 Å². The highest BCUT2D eigenvalue weighted by molar-refractivity contribution is 7.13. The van der Waals surface area contributed by atoms with Crippen molar-refractivity contribution in [3.63, 3.8) is 0 Å². The molecule has 2 amide bonds. The van der Waals surface area contributed by atoms with E-state index in [4.69, 9.17) is 4.74 Å². The van der Waals surface area contributed by atoms with Gasteiger partial charge in [0, 0.05) is 10.6 Å². The van der Waals surface area contributed by atoms with Gasteiger partial charge in [0.25, 0.3) is 5.91 Å². The van der Waals surface area contributed by atoms with Gasteiger partial charge >= 0.3 is 0 Å². The summed E-state index contributed by atoms with van der Waals surface area (Å²) in [6, 6.07) is 9.45. The summed E-state index contributed by atoms with van der Waals surface area (Å²) in [6.45, 7) is 4.02. The molecule has 0 aliphatic rings. The normalized spacial score (nSPS) is 12.0. The molecule has 0 saturated heterocycles. The van der Waals surface area contributed by atoms with Gasteiger partial charge < -0.3 is 15.4 Å². The van der Waals surface area contributed by atoms with Gasteiger partial charge in [0.2, 0.25) is 10.9 Å². The smallest absolute Gasteiger partial charge is 0.286 e. The van der Waals surface area contributed by atoms with Gasteiger partial charge in [0.05, 0.1) is 6.04 Å². The topological polar surface area (TPSA) is 93.2 Å². The summed E-state index contributed by atoms with van der Waals surface area (Å²) in [7, 11) is 0. The number of amides is 2. The molecular formula is C20H21FN4O3S2. The molecule has 2 aromatic heterocycles. The molecule has 0 fully saturated rings. The van der Waals surface area contributed by atoms with Crippen LogP contribution in [0.25, 0.3) is 0 Å². The van der Waals surface area contributed by atoms with E-state index in [0.717, 1.165) is 16.2 Å². The van der Waals surface area contributed by atoms with Crippen LogP contribution in [0.5, 0.6) is 0 Å². The Morgan fingerprint density at radius 1 is 1.20 bits per heavy atom. The highest BCUT2D eigenvalue weighted by atomic mass is 32.1. The van der Waals surface area contributed by atoms with Crippen LogP contribution in [0.1, 0.15) is 39.6 Å². The molecule has 2 heterocycles. The van der Waals surface area contributed by atoms with E-state index >= 15 is 0 Å². The van der Waals surface area contributed by atoms with E-state index in [1.54, 1.807) is 17.4 Å². The van der Waals surface area contributed by atoms with Crippen LogP contribution in [-0.2, 0) is 16.1 Å². The summed E-state index contributed by atoms with van der Waals surface area (Å²) in [5.41, 5.74) is 0.329. The first-order valence-electron chi connectivity index (χ1n) is 9.22. The molecular weight excluding hydrogens is 427 g/mol. The summed E-state index contributed by atoms with van der Waals surface area (Å²) in [4.78, 5) is 25.5. The van der Waals surface area contributed by atoms with E-state index in [-0.39, 0.29) is 36.1 Å². The first-order chi connectivity index (χ1) is 14.4. The molecule has 2 N–H and O–H groups in total. The van der Waals surface area contributed by atoms with Crippen molar-refractivity contribution in [2.75, 3.05) is 11.9 Å². The lowest BCUT2D eigenvalue weighted by Gasteiger charge is -2.21. The van der Waals surface area contributed by atoms with Crippen molar-refractivity contribution in [3.8, 4) is 0 Å². The first kappa shape index (κ1) is 22.0. The highest BCUT2D eigenvalue weighted by Crippen LogP contribution is 2.25. The molecule has 0 aliphatic carbocycles. The van der Waals surface area contributed by atoms with Gasteiger partial charge in [-0.1, -0.05) is 37.3 Å². The molecule has 0 bridgehead atoms. The van der Waals surface area contributed by atoms with Crippen molar-refractivity contribution in [3.05, 3.63) is 62.5 Å². The number of halogens is 1. The predicted molar refractivity (Wildman–Crippen MR) is 114 cm³/mol. The third kappa shape index (κ3) is 6.15. The molecule has 0 aliphatic heterocycles. The maximum atomic E-state index is 13.2. The Morgan fingerprint density at radius 2 is 2.03 bits per heavy atom. The molecule has 1 unspecified atom stereocenters. The lowest BCUT2D eigenvalue weighted by atomic mass is 10.0. The molecule has 10 heteroatoms. The quantitative estimate of drug-likeness (QED) is 0.516. The SMILES string of the molecule is CC(C)C(NC(=O)COCc1nnc(C(=O)Nc2cccc(F)c2)s1)c1cccs1. The fourth-order valence-electron chi connectivity index (χ4n) is 2.64. The number of benzene rings is 1. The number of hydrogen-bond donors (Lipinski definition) is 2. The highest BCUT2D eigenvalue weighted by Gasteiger charge is 2.19. The Bertz CT molecular complexity index is 992. The lowest BCUT2D eigenvalue weighted by molar-refractivity contribution is -0.127. The van der Waals surface area contributed by atoms with Gasteiger partial charge in [0.1, 0.15) is 24.0 Å². The van der Waals surface area contributed by atoms with Crippen LogP contribution in [0.4, 0.5) is 10.1 Å². The zero-order chi connectivity index (χ0) is 21.5. The second-order valence-electron chi connectivity index (χ2n) is 6.76. The van der Waals surface area contributed by atoms with Gasteiger partial charge in [-0.05, 0) is 35.6 Å². The number of thiophene rings is 1. The largest absolute Gasteiger partial charge is 0.364 e. The average molecular weight is 449 g/mol. The van der Waals surface area contributed by atoms with Crippen LogP contribution in [0.3, 0.4) is 0 Å². The third-order valence-corrected chi connectivity index (χ3v) is 5.89. The number of nitrogens with one attached hydrogen (secondary N) is 2. The zero-order valence-electron chi connectivity index (χ0n) is 16.4. The monoisotopic (exact) mass is 448 g/mol. The number of carbonyl (C=O) groups excluding carboxylic acids is 2. The van der Waals surface area contributed by atoms with Gasteiger partial charge in [-0.15, -0.1) is 21.5 Å². The zero-order valence-corrected chi connectivity index (χ0v) is 18.1. The molecule has 3 aromatic rings. The van der Waals surface area contributed by atoms with Gasteiger partial charge in [-0.3, -0.25) is 9.59 Å². The van der Waals surface area contributed by atoms with Gasteiger partial charge in [-0.25, -0.2) is 4.39 Å². The van der Waals surface area contributed by atoms with Crippen molar-refractivity contribution in [2.24, 2.45) is 5.92 Å². The minimum Gasteiger partial charge on any atom is -0.364 e. The predicted octanol–water partition coefficient (Wildman–Crippen LogP) is 4.02. The van der Waals surface area contributed by atoms with Crippen molar-refractivity contribution in [1.82, 2.24) is 15.5 Å². The third-order valence-electron chi connectivity index (χ3n) is 4.04. The second kappa shape index (κ2) is 10.4. The number of hydrogen-bond acceptors (Lipinski definition) is 7. The van der Waals surface area contributed by atoms with Crippen LogP contribution in [0.15, 0.2) is 41.8 Å². The van der Waals surface area contributed by atoms with Gasteiger partial charge in [0.15, 0.2) is 0 Å². The van der Waals surface area contributed by atoms with Crippen molar-refractivity contribution < 1.29 is 18.7 Å². The minimum atomic E-state index is -0.488. The summed E-state index contributed by atoms with van der Waals surface area (Å²) in [6.07, 6.45) is 0. The molecule has 0 radical (unpaired) electrons. The number of aromatic nitrogens is 2. The van der Waals surface area contributed by atoms with Crippen LogP contribution in [0, 0.1) is 11.7 Å². The molecule has 3 rings (SSSR count). The van der Waals surface area contributed by atoms with E-state index in [9.17, 15) is 14.0 Å². The average Bonchev–Trinajstić information content (AvgIpc) is 3.38. The molecule has 158 valence electrons. The fourth-order valence-corrected chi connectivity index (χ4v) is 4.26. The fraction of sp³-hybridized carbons (Fsp3) is 0.300. The molecule has 30 heavy (non-hydrogen) atoms. The number of anilines is 1. The number of nitrogens with zero attached hydrogens (tertiary/aromatic N) is 2. The molecule has 7 nitrogen and oxygen atoms in total. The molecule has 1 aromatic carbocycles. The number of ether oxygens (including phenoxy) is 1. The van der Waals surface area contributed by atoms with Gasteiger partial charge in [-0.2, -0.15) is 0 Å². The van der Waals surface area contributed by atoms with Crippen LogP contribution in [0.2, 0.25) is 0 Å². The van der Waals surface area contributed by atoms with E-state index in [2.05, 4.69) is 20.8 Å². The lowest BCUT2D eigenvalue weighted by Crippen LogP contribution is -2.33.